The standard InChI is InChI=1S/C9H9ClN4/c1-6-9(12-3-2-11-6)8-4-7(5-10)13-14-8/h2-4H,5H2,1H3,(H,13,14). The molecule has 2 rings (SSSR count). The van der Waals surface area contributed by atoms with Gasteiger partial charge in [-0.25, -0.2) is 0 Å². The van der Waals surface area contributed by atoms with Gasteiger partial charge in [-0.05, 0) is 13.0 Å². The van der Waals surface area contributed by atoms with Crippen molar-refractivity contribution in [1.82, 2.24) is 20.2 Å². The number of alkyl halides is 1. The lowest BCUT2D eigenvalue weighted by Crippen LogP contribution is -1.90. The van der Waals surface area contributed by atoms with E-state index in [0.717, 1.165) is 22.8 Å². The minimum atomic E-state index is 0.423. The Bertz CT molecular complexity index is 438. The maximum atomic E-state index is 5.66. The number of aromatic nitrogens is 4. The molecule has 0 aliphatic carbocycles. The summed E-state index contributed by atoms with van der Waals surface area (Å²) in [5.74, 6) is 0.423. The molecule has 0 saturated heterocycles. The predicted octanol–water partition coefficient (Wildman–Crippen LogP) is 1.91. The number of nitrogens with zero attached hydrogens (tertiary/aromatic N) is 3. The Morgan fingerprint density at radius 3 is 2.79 bits per heavy atom. The third kappa shape index (κ3) is 1.61. The van der Waals surface area contributed by atoms with Gasteiger partial charge in [-0.1, -0.05) is 0 Å². The highest BCUT2D eigenvalue weighted by Crippen LogP contribution is 2.17. The van der Waals surface area contributed by atoms with Crippen LogP contribution in [0.5, 0.6) is 0 Å². The number of aromatic amines is 1. The molecule has 0 saturated carbocycles. The summed E-state index contributed by atoms with van der Waals surface area (Å²) in [6, 6.07) is 1.88. The van der Waals surface area contributed by atoms with Crippen LogP contribution in [0.4, 0.5) is 0 Å². The number of nitrogens with one attached hydrogen (secondary N) is 1. The highest BCUT2D eigenvalue weighted by Gasteiger charge is 2.07. The first-order valence-corrected chi connectivity index (χ1v) is 4.73. The SMILES string of the molecule is Cc1nccnc1-c1cc(CCl)[nH]n1. The highest BCUT2D eigenvalue weighted by atomic mass is 35.5. The highest BCUT2D eigenvalue weighted by molar-refractivity contribution is 6.16. The lowest BCUT2D eigenvalue weighted by Gasteiger charge is -1.97. The molecule has 0 aliphatic rings. The van der Waals surface area contributed by atoms with Crippen LogP contribution in [-0.4, -0.2) is 20.2 Å². The van der Waals surface area contributed by atoms with Crippen molar-refractivity contribution in [2.75, 3.05) is 0 Å². The molecule has 0 radical (unpaired) electrons. The maximum absolute atomic E-state index is 5.66. The fourth-order valence-electron chi connectivity index (χ4n) is 1.21. The first-order chi connectivity index (χ1) is 6.81. The molecule has 0 amide bonds. The minimum absolute atomic E-state index is 0.423. The van der Waals surface area contributed by atoms with Crippen molar-refractivity contribution in [3.05, 3.63) is 29.8 Å². The lowest BCUT2D eigenvalue weighted by atomic mass is 10.2. The van der Waals surface area contributed by atoms with Crippen LogP contribution in [0.15, 0.2) is 18.5 Å². The maximum Gasteiger partial charge on any atom is 0.113 e. The van der Waals surface area contributed by atoms with Crippen molar-refractivity contribution in [3.8, 4) is 11.4 Å². The normalized spacial score (nSPS) is 10.4. The van der Waals surface area contributed by atoms with Crippen LogP contribution in [0.25, 0.3) is 11.4 Å². The molecule has 5 heteroatoms. The Kier molecular flexibility index (Phi) is 2.45. The fourth-order valence-corrected chi connectivity index (χ4v) is 1.35. The second-order valence-electron chi connectivity index (χ2n) is 2.90. The molecule has 0 aliphatic heterocycles. The molecular weight excluding hydrogens is 200 g/mol. The van der Waals surface area contributed by atoms with Gasteiger partial charge in [0, 0.05) is 12.4 Å². The molecule has 0 atom stereocenters. The van der Waals surface area contributed by atoms with Gasteiger partial charge in [0.15, 0.2) is 0 Å². The van der Waals surface area contributed by atoms with Crippen LogP contribution in [-0.2, 0) is 5.88 Å². The molecule has 2 heterocycles. The number of hydrogen-bond donors (Lipinski definition) is 1. The Labute approximate surface area is 86.4 Å². The number of halogens is 1. The van der Waals surface area contributed by atoms with E-state index in [1.54, 1.807) is 12.4 Å². The van der Waals surface area contributed by atoms with Gasteiger partial charge in [-0.15, -0.1) is 11.6 Å². The molecule has 4 nitrogen and oxygen atoms in total. The topological polar surface area (TPSA) is 54.5 Å². The van der Waals surface area contributed by atoms with Crippen LogP contribution in [0.2, 0.25) is 0 Å². The van der Waals surface area contributed by atoms with Gasteiger partial charge in [0.2, 0.25) is 0 Å². The third-order valence-corrected chi connectivity index (χ3v) is 2.19. The van der Waals surface area contributed by atoms with E-state index in [4.69, 9.17) is 11.6 Å². The number of H-pyrrole nitrogens is 1. The summed E-state index contributed by atoms with van der Waals surface area (Å²) in [7, 11) is 0. The summed E-state index contributed by atoms with van der Waals surface area (Å²) in [4.78, 5) is 8.35. The molecule has 72 valence electrons. The fraction of sp³-hybridized carbons (Fsp3) is 0.222. The molecule has 2 aromatic heterocycles. The zero-order chi connectivity index (χ0) is 9.97. The first kappa shape index (κ1) is 9.15. The van der Waals surface area contributed by atoms with Gasteiger partial charge >= 0.3 is 0 Å². The molecule has 0 aromatic carbocycles. The smallest absolute Gasteiger partial charge is 0.113 e. The average Bonchev–Trinajstić information content (AvgIpc) is 2.67. The summed E-state index contributed by atoms with van der Waals surface area (Å²) in [6.45, 7) is 1.90. The predicted molar refractivity (Wildman–Crippen MR) is 53.9 cm³/mol. The van der Waals surface area contributed by atoms with Gasteiger partial charge in [-0.2, -0.15) is 5.10 Å². The van der Waals surface area contributed by atoms with Gasteiger partial charge in [-0.3, -0.25) is 15.1 Å². The lowest BCUT2D eigenvalue weighted by molar-refractivity contribution is 1.02. The van der Waals surface area contributed by atoms with Gasteiger partial charge in [0.25, 0.3) is 0 Å². The van der Waals surface area contributed by atoms with Crippen molar-refractivity contribution >= 4 is 11.6 Å². The molecule has 1 N–H and O–H groups in total. The average molecular weight is 209 g/mol. The summed E-state index contributed by atoms with van der Waals surface area (Å²) >= 11 is 5.66. The molecule has 0 unspecified atom stereocenters. The van der Waals surface area contributed by atoms with E-state index in [1.165, 1.54) is 0 Å². The molecule has 0 spiro atoms. The Morgan fingerprint density at radius 2 is 2.14 bits per heavy atom. The Balaban J connectivity index is 2.44. The Hall–Kier alpha value is -1.42. The number of aryl methyl sites for hydroxylation is 1. The van der Waals surface area contributed by atoms with Crippen molar-refractivity contribution < 1.29 is 0 Å². The van der Waals surface area contributed by atoms with Crippen molar-refractivity contribution in [3.63, 3.8) is 0 Å². The second kappa shape index (κ2) is 3.75. The first-order valence-electron chi connectivity index (χ1n) is 4.19. The zero-order valence-corrected chi connectivity index (χ0v) is 8.41. The van der Waals surface area contributed by atoms with E-state index in [1.807, 2.05) is 13.0 Å². The largest absolute Gasteiger partial charge is 0.281 e. The summed E-state index contributed by atoms with van der Waals surface area (Å²) in [5, 5.41) is 6.94. The van der Waals surface area contributed by atoms with E-state index < -0.39 is 0 Å². The summed E-state index contributed by atoms with van der Waals surface area (Å²) in [6.07, 6.45) is 3.31. The van der Waals surface area contributed by atoms with E-state index >= 15 is 0 Å². The quantitative estimate of drug-likeness (QED) is 0.768. The van der Waals surface area contributed by atoms with Crippen LogP contribution >= 0.6 is 11.6 Å². The van der Waals surface area contributed by atoms with Crippen molar-refractivity contribution in [1.29, 1.82) is 0 Å². The van der Waals surface area contributed by atoms with Crippen LogP contribution in [0.3, 0.4) is 0 Å². The summed E-state index contributed by atoms with van der Waals surface area (Å²) < 4.78 is 0. The summed E-state index contributed by atoms with van der Waals surface area (Å²) in [5.41, 5.74) is 3.32. The van der Waals surface area contributed by atoms with Crippen LogP contribution in [0.1, 0.15) is 11.4 Å². The third-order valence-electron chi connectivity index (χ3n) is 1.90. The van der Waals surface area contributed by atoms with E-state index in [2.05, 4.69) is 20.2 Å². The van der Waals surface area contributed by atoms with Crippen LogP contribution < -0.4 is 0 Å². The van der Waals surface area contributed by atoms with Crippen LogP contribution in [0, 0.1) is 6.92 Å². The van der Waals surface area contributed by atoms with E-state index in [0.29, 0.717) is 5.88 Å². The van der Waals surface area contributed by atoms with Crippen molar-refractivity contribution in [2.24, 2.45) is 0 Å². The molecular formula is C9H9ClN4. The minimum Gasteiger partial charge on any atom is -0.281 e. The monoisotopic (exact) mass is 208 g/mol. The molecule has 14 heavy (non-hydrogen) atoms. The Morgan fingerprint density at radius 1 is 1.36 bits per heavy atom. The van der Waals surface area contributed by atoms with Gasteiger partial charge in [0.1, 0.15) is 11.4 Å². The molecule has 0 fully saturated rings. The molecule has 0 bridgehead atoms. The zero-order valence-electron chi connectivity index (χ0n) is 7.66. The van der Waals surface area contributed by atoms with Gasteiger partial charge in [0.05, 0.1) is 17.3 Å². The molecule has 2 aromatic rings. The van der Waals surface area contributed by atoms with E-state index in [-0.39, 0.29) is 0 Å². The van der Waals surface area contributed by atoms with Crippen molar-refractivity contribution in [2.45, 2.75) is 12.8 Å². The second-order valence-corrected chi connectivity index (χ2v) is 3.17. The van der Waals surface area contributed by atoms with Gasteiger partial charge < -0.3 is 0 Å². The number of rotatable bonds is 2. The van der Waals surface area contributed by atoms with E-state index in [9.17, 15) is 0 Å². The number of hydrogen-bond acceptors (Lipinski definition) is 3.